The number of benzene rings is 2. The number of rotatable bonds is 13. The second-order valence-electron chi connectivity index (χ2n) is 11.4. The van der Waals surface area contributed by atoms with Gasteiger partial charge in [0.05, 0.1) is 0 Å². The number of ether oxygens (including phenoxy) is 1. The van der Waals surface area contributed by atoms with E-state index in [1.54, 1.807) is 10.4 Å². The summed E-state index contributed by atoms with van der Waals surface area (Å²) >= 11 is -2.77. The van der Waals surface area contributed by atoms with Crippen LogP contribution in [0.4, 0.5) is 0 Å². The molecule has 2 aromatic rings. The van der Waals surface area contributed by atoms with Crippen LogP contribution in [0.2, 0.25) is 18.3 Å². The number of hydrogen-bond donors (Lipinski definition) is 0. The molecule has 1 saturated heterocycles. The van der Waals surface area contributed by atoms with Gasteiger partial charge in [0.25, 0.3) is 0 Å². The van der Waals surface area contributed by atoms with Crippen LogP contribution in [0.1, 0.15) is 80.1 Å². The quantitative estimate of drug-likeness (QED) is 0.177. The van der Waals surface area contributed by atoms with Crippen molar-refractivity contribution in [2.45, 2.75) is 102 Å². The van der Waals surface area contributed by atoms with Crippen LogP contribution >= 0.6 is 0 Å². The van der Waals surface area contributed by atoms with Crippen molar-refractivity contribution in [3.63, 3.8) is 0 Å². The fourth-order valence-corrected chi connectivity index (χ4v) is 45.3. The van der Waals surface area contributed by atoms with Crippen molar-refractivity contribution in [3.8, 4) is 0 Å². The third-order valence-electron chi connectivity index (χ3n) is 8.46. The normalized spacial score (nSPS) is 19.0. The zero-order valence-corrected chi connectivity index (χ0v) is 26.1. The van der Waals surface area contributed by atoms with Crippen molar-refractivity contribution in [1.82, 2.24) is 0 Å². The molecule has 3 rings (SSSR count). The Morgan fingerprint density at radius 3 is 1.36 bits per heavy atom. The molecule has 0 aromatic heterocycles. The Balaban J connectivity index is 2.35. The van der Waals surface area contributed by atoms with Crippen LogP contribution < -0.4 is 10.4 Å². The van der Waals surface area contributed by atoms with Gasteiger partial charge < -0.3 is 0 Å². The minimum atomic E-state index is -2.77. The van der Waals surface area contributed by atoms with Crippen LogP contribution in [0.25, 0.3) is 0 Å². The van der Waals surface area contributed by atoms with E-state index in [9.17, 15) is 0 Å². The standard InChI is InChI=1S/C18H21OSi.3C4H9.Sn/c1-18(2,3)20(17-14-19-17,15-10-6-4-7-11-15)16-12-8-5-9-13-16;3*1-3-4-2;/h4-13H,14H2,1-3H3;3*1,3-4H2,2H3;. The van der Waals surface area contributed by atoms with E-state index in [1.807, 2.05) is 0 Å². The third kappa shape index (κ3) is 4.91. The Kier molecular flexibility index (Phi) is 9.36. The zero-order valence-electron chi connectivity index (χ0n) is 22.3. The van der Waals surface area contributed by atoms with E-state index in [0.717, 1.165) is 6.61 Å². The molecule has 0 spiro atoms. The van der Waals surface area contributed by atoms with E-state index in [0.29, 0.717) is 0 Å². The summed E-state index contributed by atoms with van der Waals surface area (Å²) in [6, 6.07) is 23.4. The van der Waals surface area contributed by atoms with Crippen molar-refractivity contribution in [2.24, 2.45) is 0 Å². The molecule has 1 fully saturated rings. The van der Waals surface area contributed by atoms with E-state index in [-0.39, 0.29) is 8.28 Å². The van der Waals surface area contributed by atoms with Gasteiger partial charge in [-0.15, -0.1) is 0 Å². The maximum atomic E-state index is 7.11. The molecule has 33 heavy (non-hydrogen) atoms. The van der Waals surface area contributed by atoms with Gasteiger partial charge in [0.2, 0.25) is 0 Å². The van der Waals surface area contributed by atoms with Gasteiger partial charge >= 0.3 is 210 Å². The first-order valence-electron chi connectivity index (χ1n) is 13.6. The first-order chi connectivity index (χ1) is 15.8. The minimum absolute atomic E-state index is 0.169. The van der Waals surface area contributed by atoms with E-state index in [1.165, 1.54) is 51.8 Å². The average Bonchev–Trinajstić information content (AvgIpc) is 3.62. The maximum absolute atomic E-state index is 7.11. The molecular formula is C30H48OSiSn. The van der Waals surface area contributed by atoms with Gasteiger partial charge in [-0.1, -0.05) is 0 Å². The van der Waals surface area contributed by atoms with Crippen LogP contribution in [0, 0.1) is 0 Å². The van der Waals surface area contributed by atoms with Gasteiger partial charge in [0.1, 0.15) is 0 Å². The fourth-order valence-electron chi connectivity index (χ4n) is 7.00. The summed E-state index contributed by atoms with van der Waals surface area (Å²) in [5.41, 5.74) is 0. The molecule has 0 unspecified atom stereocenters. The Hall–Kier alpha value is -0.584. The number of unbranched alkanes of at least 4 members (excludes halogenated alkanes) is 3. The Morgan fingerprint density at radius 2 is 1.09 bits per heavy atom. The van der Waals surface area contributed by atoms with Gasteiger partial charge in [0.15, 0.2) is 0 Å². The Bertz CT molecular complexity index is 777. The van der Waals surface area contributed by atoms with Crippen LogP contribution in [0.3, 0.4) is 0 Å². The molecule has 0 bridgehead atoms. The van der Waals surface area contributed by atoms with Crippen LogP contribution in [0.5, 0.6) is 0 Å². The van der Waals surface area contributed by atoms with Crippen LogP contribution in [-0.2, 0) is 4.74 Å². The number of hydrogen-bond acceptors (Lipinski definition) is 1. The molecule has 0 radical (unpaired) electrons. The summed E-state index contributed by atoms with van der Waals surface area (Å²) in [5.74, 6) is 0. The van der Waals surface area contributed by atoms with Crippen molar-refractivity contribution >= 4 is 36.8 Å². The molecule has 0 saturated carbocycles. The van der Waals surface area contributed by atoms with Gasteiger partial charge in [-0.2, -0.15) is 0 Å². The predicted molar refractivity (Wildman–Crippen MR) is 151 cm³/mol. The molecule has 1 heterocycles. The molecule has 1 atom stereocenters. The second kappa shape index (κ2) is 11.4. The second-order valence-corrected chi connectivity index (χ2v) is 31.7. The van der Waals surface area contributed by atoms with E-state index in [2.05, 4.69) is 102 Å². The average molecular weight is 572 g/mol. The zero-order chi connectivity index (χ0) is 24.0. The van der Waals surface area contributed by atoms with Crippen molar-refractivity contribution in [2.75, 3.05) is 6.61 Å². The van der Waals surface area contributed by atoms with Crippen molar-refractivity contribution in [1.29, 1.82) is 0 Å². The van der Waals surface area contributed by atoms with Crippen molar-refractivity contribution in [3.05, 3.63) is 60.7 Å². The third-order valence-corrected chi connectivity index (χ3v) is 38.3. The van der Waals surface area contributed by atoms with Gasteiger partial charge in [-0.25, -0.2) is 0 Å². The molecule has 0 N–H and O–H groups in total. The van der Waals surface area contributed by atoms with E-state index >= 15 is 0 Å². The van der Waals surface area contributed by atoms with Gasteiger partial charge in [-0.05, 0) is 0 Å². The molecule has 1 aliphatic heterocycles. The van der Waals surface area contributed by atoms with E-state index in [4.69, 9.17) is 4.74 Å². The summed E-state index contributed by atoms with van der Waals surface area (Å²) < 4.78 is 11.8. The molecule has 0 amide bonds. The molecule has 2 aromatic carbocycles. The number of epoxide rings is 1. The first-order valence-corrected chi connectivity index (χ1v) is 23.1. The summed E-state index contributed by atoms with van der Waals surface area (Å²) in [7, 11) is -2.28. The van der Waals surface area contributed by atoms with Crippen LogP contribution in [0.15, 0.2) is 60.7 Å². The molecule has 182 valence electrons. The molecule has 1 aliphatic rings. The molecule has 3 heteroatoms. The monoisotopic (exact) mass is 572 g/mol. The first kappa shape index (κ1) is 27.0. The van der Waals surface area contributed by atoms with Crippen molar-refractivity contribution < 1.29 is 4.74 Å². The topological polar surface area (TPSA) is 12.5 Å². The summed E-state index contributed by atoms with van der Waals surface area (Å²) in [4.78, 5) is 0. The summed E-state index contributed by atoms with van der Waals surface area (Å²) in [6.45, 7) is 15.8. The fraction of sp³-hybridized carbons (Fsp3) is 0.600. The molecule has 0 aliphatic carbocycles. The summed E-state index contributed by atoms with van der Waals surface area (Å²) in [6.07, 6.45) is 8.13. The van der Waals surface area contributed by atoms with E-state index < -0.39 is 26.5 Å². The molecule has 1 nitrogen and oxygen atoms in total. The molecular weight excluding hydrogens is 523 g/mol. The van der Waals surface area contributed by atoms with Gasteiger partial charge in [0, 0.05) is 0 Å². The van der Waals surface area contributed by atoms with Gasteiger partial charge in [-0.3, -0.25) is 0 Å². The Labute approximate surface area is 209 Å². The summed E-state index contributed by atoms with van der Waals surface area (Å²) in [5, 5.41) is 3.39. The SMILES string of the molecule is CCC[CH2][Sn]([CH2]CCC)([CH2]CCC)[C@]1([Si](c2ccccc2)(c2ccccc2)C(C)(C)C)CO1. The Morgan fingerprint density at radius 1 is 0.727 bits per heavy atom. The predicted octanol–water partition coefficient (Wildman–Crippen LogP) is 7.75. The van der Waals surface area contributed by atoms with Crippen LogP contribution in [-0.4, -0.2) is 36.3 Å².